The Morgan fingerprint density at radius 3 is 3.00 bits per heavy atom. The molecular weight excluding hydrogens is 318 g/mol. The molecule has 0 bridgehead atoms. The number of aliphatic imine (C=N–C) groups is 1. The van der Waals surface area contributed by atoms with Crippen LogP contribution < -0.4 is 0 Å². The molecule has 0 aliphatic carbocycles. The molecule has 0 radical (unpaired) electrons. The number of carbonyl (C=O) groups excluding carboxylic acids is 2. The lowest BCUT2D eigenvalue weighted by Crippen LogP contribution is -2.45. The average molecular weight is 335 g/mol. The standard InChI is InChI=1S/C14H17N5O3S/c1-23-14-16-8-22-9-18(14)12(20)11-5-3-7-19(17-11)13(21)10-4-2-6-15-10/h2,4,6,15H,3,5,7-9H2,1H3. The molecule has 2 aliphatic rings. The molecule has 0 saturated carbocycles. The van der Waals surface area contributed by atoms with Gasteiger partial charge in [-0.1, -0.05) is 11.8 Å². The normalized spacial score (nSPS) is 18.5. The van der Waals surface area contributed by atoms with Gasteiger partial charge in [0.15, 0.2) is 5.17 Å². The van der Waals surface area contributed by atoms with E-state index in [1.54, 1.807) is 18.3 Å². The average Bonchev–Trinajstić information content (AvgIpc) is 3.15. The second-order valence-corrected chi connectivity index (χ2v) is 5.78. The van der Waals surface area contributed by atoms with Gasteiger partial charge in [-0.25, -0.2) is 10.0 Å². The van der Waals surface area contributed by atoms with Crippen LogP contribution in [0.25, 0.3) is 0 Å². The van der Waals surface area contributed by atoms with E-state index in [0.29, 0.717) is 36.0 Å². The second kappa shape index (κ2) is 6.97. The number of hydrazone groups is 1. The fraction of sp³-hybridized carbons (Fsp3) is 0.429. The van der Waals surface area contributed by atoms with Crippen LogP contribution in [0.5, 0.6) is 0 Å². The molecule has 1 N–H and O–H groups in total. The van der Waals surface area contributed by atoms with E-state index in [0.717, 1.165) is 0 Å². The van der Waals surface area contributed by atoms with Crippen LogP contribution in [0.15, 0.2) is 28.4 Å². The summed E-state index contributed by atoms with van der Waals surface area (Å²) in [6.07, 6.45) is 4.76. The van der Waals surface area contributed by atoms with Crippen molar-refractivity contribution in [2.45, 2.75) is 12.8 Å². The van der Waals surface area contributed by atoms with E-state index in [-0.39, 0.29) is 25.3 Å². The van der Waals surface area contributed by atoms with Crippen molar-refractivity contribution in [2.24, 2.45) is 10.1 Å². The molecule has 8 nitrogen and oxygen atoms in total. The van der Waals surface area contributed by atoms with Crippen molar-refractivity contribution < 1.29 is 14.3 Å². The zero-order chi connectivity index (χ0) is 16.2. The number of hydrogen-bond donors (Lipinski definition) is 1. The van der Waals surface area contributed by atoms with Gasteiger partial charge >= 0.3 is 0 Å². The number of rotatable bonds is 2. The van der Waals surface area contributed by atoms with Gasteiger partial charge in [-0.2, -0.15) is 5.10 Å². The summed E-state index contributed by atoms with van der Waals surface area (Å²) in [6.45, 7) is 0.903. The van der Waals surface area contributed by atoms with Crippen molar-refractivity contribution in [3.63, 3.8) is 0 Å². The molecule has 0 unspecified atom stereocenters. The highest BCUT2D eigenvalue weighted by atomic mass is 32.2. The molecule has 2 aliphatic heterocycles. The van der Waals surface area contributed by atoms with E-state index in [1.165, 1.54) is 21.7 Å². The number of amides is 2. The number of thioether (sulfide) groups is 1. The number of amidine groups is 1. The maximum Gasteiger partial charge on any atom is 0.290 e. The number of nitrogens with zero attached hydrogens (tertiary/aromatic N) is 4. The van der Waals surface area contributed by atoms with Gasteiger partial charge in [0.2, 0.25) is 0 Å². The molecule has 3 heterocycles. The highest BCUT2D eigenvalue weighted by Crippen LogP contribution is 2.16. The summed E-state index contributed by atoms with van der Waals surface area (Å²) in [6, 6.07) is 3.43. The topological polar surface area (TPSA) is 90.4 Å². The minimum Gasteiger partial charge on any atom is -0.357 e. The predicted octanol–water partition coefficient (Wildman–Crippen LogP) is 1.10. The van der Waals surface area contributed by atoms with Crippen molar-refractivity contribution >= 4 is 34.5 Å². The van der Waals surface area contributed by atoms with Gasteiger partial charge in [-0.05, 0) is 31.2 Å². The predicted molar refractivity (Wildman–Crippen MR) is 87.1 cm³/mol. The van der Waals surface area contributed by atoms with Crippen LogP contribution in [0.3, 0.4) is 0 Å². The molecule has 0 spiro atoms. The maximum absolute atomic E-state index is 12.7. The lowest BCUT2D eigenvalue weighted by atomic mass is 10.1. The smallest absolute Gasteiger partial charge is 0.290 e. The van der Waals surface area contributed by atoms with Crippen LogP contribution in [0, 0.1) is 0 Å². The molecule has 122 valence electrons. The second-order valence-electron chi connectivity index (χ2n) is 5.00. The van der Waals surface area contributed by atoms with Crippen molar-refractivity contribution in [3.8, 4) is 0 Å². The fourth-order valence-electron chi connectivity index (χ4n) is 2.39. The Bertz CT molecular complexity index is 655. The first kappa shape index (κ1) is 15.8. The summed E-state index contributed by atoms with van der Waals surface area (Å²) in [5, 5.41) is 6.20. The Morgan fingerprint density at radius 2 is 2.26 bits per heavy atom. The molecule has 0 atom stereocenters. The Labute approximate surface area is 137 Å². The third-order valence-corrected chi connectivity index (χ3v) is 4.22. The van der Waals surface area contributed by atoms with E-state index in [4.69, 9.17) is 4.74 Å². The van der Waals surface area contributed by atoms with Crippen LogP contribution >= 0.6 is 11.8 Å². The Hall–Kier alpha value is -2.13. The van der Waals surface area contributed by atoms with Gasteiger partial charge in [-0.15, -0.1) is 0 Å². The first-order chi connectivity index (χ1) is 11.2. The molecule has 0 saturated heterocycles. The molecule has 0 aromatic carbocycles. The molecule has 3 rings (SSSR count). The Morgan fingerprint density at radius 1 is 1.39 bits per heavy atom. The summed E-state index contributed by atoms with van der Waals surface area (Å²) in [5.41, 5.74) is 0.804. The van der Waals surface area contributed by atoms with Crippen LogP contribution in [0.4, 0.5) is 0 Å². The molecular formula is C14H17N5O3S. The summed E-state index contributed by atoms with van der Waals surface area (Å²) in [4.78, 5) is 33.5. The van der Waals surface area contributed by atoms with Crippen molar-refractivity contribution in [1.29, 1.82) is 0 Å². The monoisotopic (exact) mass is 335 g/mol. The first-order valence-corrected chi connectivity index (χ1v) is 8.44. The quantitative estimate of drug-likeness (QED) is 0.876. The number of hydrogen-bond acceptors (Lipinski definition) is 6. The minimum absolute atomic E-state index is 0.155. The van der Waals surface area contributed by atoms with Crippen molar-refractivity contribution in [3.05, 3.63) is 24.0 Å². The van der Waals surface area contributed by atoms with Gasteiger partial charge in [0.05, 0.1) is 0 Å². The van der Waals surface area contributed by atoms with Gasteiger partial charge in [-0.3, -0.25) is 14.5 Å². The number of aromatic amines is 1. The maximum atomic E-state index is 12.7. The SMILES string of the molecule is CSC1=NCOCN1C(=O)C1=NN(C(=O)c2ccc[nH]2)CCC1. The summed E-state index contributed by atoms with van der Waals surface area (Å²) < 4.78 is 5.22. The first-order valence-electron chi connectivity index (χ1n) is 7.21. The molecule has 9 heteroatoms. The van der Waals surface area contributed by atoms with E-state index >= 15 is 0 Å². The zero-order valence-electron chi connectivity index (χ0n) is 12.7. The van der Waals surface area contributed by atoms with Crippen LogP contribution in [0.2, 0.25) is 0 Å². The third kappa shape index (κ3) is 3.30. The lowest BCUT2D eigenvalue weighted by Gasteiger charge is -2.29. The van der Waals surface area contributed by atoms with Gasteiger partial charge in [0.1, 0.15) is 24.9 Å². The van der Waals surface area contributed by atoms with E-state index in [9.17, 15) is 9.59 Å². The highest BCUT2D eigenvalue weighted by Gasteiger charge is 2.30. The van der Waals surface area contributed by atoms with Gasteiger partial charge < -0.3 is 9.72 Å². The molecule has 1 aromatic heterocycles. The van der Waals surface area contributed by atoms with E-state index < -0.39 is 0 Å². The van der Waals surface area contributed by atoms with Gasteiger partial charge in [0.25, 0.3) is 11.8 Å². The van der Waals surface area contributed by atoms with Crippen molar-refractivity contribution in [2.75, 3.05) is 26.3 Å². The highest BCUT2D eigenvalue weighted by molar-refractivity contribution is 8.13. The third-order valence-electron chi connectivity index (χ3n) is 3.50. The summed E-state index contributed by atoms with van der Waals surface area (Å²) in [7, 11) is 0. The van der Waals surface area contributed by atoms with Crippen LogP contribution in [-0.2, 0) is 9.53 Å². The minimum atomic E-state index is -0.262. The summed E-state index contributed by atoms with van der Waals surface area (Å²) in [5.74, 6) is -0.504. The van der Waals surface area contributed by atoms with Crippen molar-refractivity contribution in [1.82, 2.24) is 14.9 Å². The van der Waals surface area contributed by atoms with Crippen LogP contribution in [-0.4, -0.2) is 63.8 Å². The summed E-state index contributed by atoms with van der Waals surface area (Å²) >= 11 is 1.39. The Kier molecular flexibility index (Phi) is 4.77. The number of H-pyrrole nitrogens is 1. The van der Waals surface area contributed by atoms with Gasteiger partial charge in [0, 0.05) is 12.7 Å². The molecule has 0 fully saturated rings. The fourth-order valence-corrected chi connectivity index (χ4v) is 2.93. The molecule has 1 aromatic rings. The largest absolute Gasteiger partial charge is 0.357 e. The zero-order valence-corrected chi connectivity index (χ0v) is 13.5. The van der Waals surface area contributed by atoms with E-state index in [2.05, 4.69) is 15.1 Å². The molecule has 2 amide bonds. The molecule has 23 heavy (non-hydrogen) atoms. The number of ether oxygens (including phenoxy) is 1. The van der Waals surface area contributed by atoms with E-state index in [1.807, 2.05) is 6.26 Å². The van der Waals surface area contributed by atoms with Crippen LogP contribution in [0.1, 0.15) is 23.3 Å². The number of carbonyl (C=O) groups is 2. The lowest BCUT2D eigenvalue weighted by molar-refractivity contribution is -0.125. The Balaban J connectivity index is 1.79. The number of aromatic nitrogens is 1. The number of nitrogens with one attached hydrogen (secondary N) is 1.